The highest BCUT2D eigenvalue weighted by Crippen LogP contribution is 2.30. The standard InChI is InChI=1S/C24H21N3O2S/c1-17(30-24-25-21-16-10-9-15-20(21)23(29)26(24)2)22(28)27(18-11-5-3-6-12-18)19-13-7-4-8-14-19/h3-17H,1-2H3. The van der Waals surface area contributed by atoms with Gasteiger partial charge in [-0.25, -0.2) is 4.98 Å². The van der Waals surface area contributed by atoms with Crippen molar-refractivity contribution >= 4 is 39.9 Å². The van der Waals surface area contributed by atoms with Gasteiger partial charge in [-0.2, -0.15) is 0 Å². The first-order chi connectivity index (χ1) is 14.6. The van der Waals surface area contributed by atoms with Crippen LogP contribution in [0.1, 0.15) is 6.92 Å². The topological polar surface area (TPSA) is 55.2 Å². The van der Waals surface area contributed by atoms with E-state index >= 15 is 0 Å². The second-order valence-electron chi connectivity index (χ2n) is 6.88. The maximum Gasteiger partial charge on any atom is 0.261 e. The Balaban J connectivity index is 1.69. The minimum absolute atomic E-state index is 0.0835. The molecular formula is C24H21N3O2S. The highest BCUT2D eigenvalue weighted by Gasteiger charge is 2.26. The van der Waals surface area contributed by atoms with Crippen LogP contribution in [0, 0.1) is 0 Å². The van der Waals surface area contributed by atoms with E-state index < -0.39 is 5.25 Å². The Morgan fingerprint density at radius 1 is 0.900 bits per heavy atom. The molecule has 0 saturated carbocycles. The number of rotatable bonds is 5. The molecule has 0 N–H and O–H groups in total. The molecule has 30 heavy (non-hydrogen) atoms. The minimum atomic E-state index is -0.454. The number of carbonyl (C=O) groups is 1. The summed E-state index contributed by atoms with van der Waals surface area (Å²) in [4.78, 5) is 32.5. The van der Waals surface area contributed by atoms with Gasteiger partial charge in [-0.1, -0.05) is 60.3 Å². The summed E-state index contributed by atoms with van der Waals surface area (Å²) in [6.07, 6.45) is 0. The number of nitrogens with zero attached hydrogens (tertiary/aromatic N) is 3. The number of para-hydroxylation sites is 3. The Kier molecular flexibility index (Phi) is 5.68. The summed E-state index contributed by atoms with van der Waals surface area (Å²) in [5.74, 6) is -0.0835. The molecule has 1 amide bonds. The smallest absolute Gasteiger partial charge is 0.261 e. The Bertz CT molecular complexity index is 1200. The number of carbonyl (C=O) groups excluding carboxylic acids is 1. The largest absolute Gasteiger partial charge is 0.290 e. The number of hydrogen-bond donors (Lipinski definition) is 0. The molecule has 1 heterocycles. The van der Waals surface area contributed by atoms with Gasteiger partial charge in [0.15, 0.2) is 5.16 Å². The SMILES string of the molecule is CC(Sc1nc2ccccc2c(=O)n1C)C(=O)N(c1ccccc1)c1ccccc1. The quantitative estimate of drug-likeness (QED) is 0.348. The minimum Gasteiger partial charge on any atom is -0.290 e. The van der Waals surface area contributed by atoms with Crippen molar-refractivity contribution in [3.05, 3.63) is 95.3 Å². The Labute approximate surface area is 179 Å². The summed E-state index contributed by atoms with van der Waals surface area (Å²) in [7, 11) is 1.69. The van der Waals surface area contributed by atoms with Crippen molar-refractivity contribution in [1.82, 2.24) is 9.55 Å². The van der Waals surface area contributed by atoms with Crippen LogP contribution < -0.4 is 10.5 Å². The summed E-state index contributed by atoms with van der Waals surface area (Å²) in [6.45, 7) is 1.84. The molecule has 0 radical (unpaired) electrons. The van der Waals surface area contributed by atoms with E-state index in [2.05, 4.69) is 4.98 Å². The summed E-state index contributed by atoms with van der Waals surface area (Å²) >= 11 is 1.29. The third-order valence-electron chi connectivity index (χ3n) is 4.82. The number of amides is 1. The number of hydrogen-bond acceptors (Lipinski definition) is 4. The van der Waals surface area contributed by atoms with Crippen LogP contribution in [-0.2, 0) is 11.8 Å². The molecule has 1 unspecified atom stereocenters. The molecule has 1 atom stereocenters. The molecule has 0 spiro atoms. The molecule has 4 rings (SSSR count). The second-order valence-corrected chi connectivity index (χ2v) is 8.19. The lowest BCUT2D eigenvalue weighted by molar-refractivity contribution is -0.117. The third-order valence-corrected chi connectivity index (χ3v) is 5.95. The van der Waals surface area contributed by atoms with Crippen LogP contribution >= 0.6 is 11.8 Å². The zero-order chi connectivity index (χ0) is 21.1. The van der Waals surface area contributed by atoms with Gasteiger partial charge in [-0.15, -0.1) is 0 Å². The second kappa shape index (κ2) is 8.55. The van der Waals surface area contributed by atoms with Gasteiger partial charge in [0.1, 0.15) is 0 Å². The maximum absolute atomic E-state index is 13.5. The summed E-state index contributed by atoms with van der Waals surface area (Å²) in [5, 5.41) is 0.629. The number of benzene rings is 3. The van der Waals surface area contributed by atoms with E-state index in [1.165, 1.54) is 16.3 Å². The summed E-state index contributed by atoms with van der Waals surface area (Å²) in [5.41, 5.74) is 2.10. The van der Waals surface area contributed by atoms with Crippen LogP contribution in [-0.4, -0.2) is 20.7 Å². The van der Waals surface area contributed by atoms with Gasteiger partial charge in [0.2, 0.25) is 5.91 Å². The number of aromatic nitrogens is 2. The molecule has 0 aliphatic heterocycles. The Hall–Kier alpha value is -3.38. The average molecular weight is 416 g/mol. The lowest BCUT2D eigenvalue weighted by Crippen LogP contribution is -2.33. The van der Waals surface area contributed by atoms with E-state index in [9.17, 15) is 9.59 Å². The normalized spacial score (nSPS) is 11.9. The maximum atomic E-state index is 13.5. The van der Waals surface area contributed by atoms with Crippen LogP contribution in [0.3, 0.4) is 0 Å². The molecular weight excluding hydrogens is 394 g/mol. The molecule has 3 aromatic carbocycles. The zero-order valence-electron chi connectivity index (χ0n) is 16.7. The summed E-state index contributed by atoms with van der Waals surface area (Å²) < 4.78 is 1.51. The Morgan fingerprint density at radius 3 is 2.03 bits per heavy atom. The number of fused-ring (bicyclic) bond motifs is 1. The molecule has 6 heteroatoms. The van der Waals surface area contributed by atoms with Crippen molar-refractivity contribution < 1.29 is 4.79 Å². The first kappa shape index (κ1) is 19.9. The van der Waals surface area contributed by atoms with Crippen LogP contribution in [0.2, 0.25) is 0 Å². The van der Waals surface area contributed by atoms with Gasteiger partial charge in [0.25, 0.3) is 5.56 Å². The predicted octanol–water partition coefficient (Wildman–Crippen LogP) is 4.78. The molecule has 0 saturated heterocycles. The van der Waals surface area contributed by atoms with Crippen LogP contribution in [0.5, 0.6) is 0 Å². The van der Waals surface area contributed by atoms with Crippen molar-refractivity contribution in [2.75, 3.05) is 4.90 Å². The fourth-order valence-electron chi connectivity index (χ4n) is 3.25. The molecule has 0 aliphatic carbocycles. The van der Waals surface area contributed by atoms with Crippen LogP contribution in [0.15, 0.2) is 94.9 Å². The van der Waals surface area contributed by atoms with Crippen molar-refractivity contribution in [3.63, 3.8) is 0 Å². The van der Waals surface area contributed by atoms with E-state index in [4.69, 9.17) is 0 Å². The predicted molar refractivity (Wildman–Crippen MR) is 122 cm³/mol. The zero-order valence-corrected chi connectivity index (χ0v) is 17.5. The molecule has 0 fully saturated rings. The average Bonchev–Trinajstić information content (AvgIpc) is 2.79. The van der Waals surface area contributed by atoms with Gasteiger partial charge in [0.05, 0.1) is 16.2 Å². The molecule has 4 aromatic rings. The van der Waals surface area contributed by atoms with Crippen molar-refractivity contribution in [1.29, 1.82) is 0 Å². The lowest BCUT2D eigenvalue weighted by atomic mass is 10.2. The van der Waals surface area contributed by atoms with Crippen molar-refractivity contribution in [2.45, 2.75) is 17.3 Å². The highest BCUT2D eigenvalue weighted by atomic mass is 32.2. The molecule has 0 aliphatic rings. The van der Waals surface area contributed by atoms with Crippen LogP contribution in [0.25, 0.3) is 10.9 Å². The van der Waals surface area contributed by atoms with E-state index in [1.54, 1.807) is 18.0 Å². The van der Waals surface area contributed by atoms with Gasteiger partial charge in [-0.05, 0) is 43.3 Å². The lowest BCUT2D eigenvalue weighted by Gasteiger charge is -2.26. The fourth-order valence-corrected chi connectivity index (χ4v) is 4.17. The first-order valence-electron chi connectivity index (χ1n) is 9.63. The van der Waals surface area contributed by atoms with E-state index in [0.717, 1.165) is 11.4 Å². The highest BCUT2D eigenvalue weighted by molar-refractivity contribution is 8.00. The van der Waals surface area contributed by atoms with Gasteiger partial charge in [-0.3, -0.25) is 19.1 Å². The molecule has 150 valence electrons. The molecule has 5 nitrogen and oxygen atoms in total. The number of thioether (sulfide) groups is 1. The van der Waals surface area contributed by atoms with Crippen LogP contribution in [0.4, 0.5) is 11.4 Å². The monoisotopic (exact) mass is 415 g/mol. The van der Waals surface area contributed by atoms with Gasteiger partial charge >= 0.3 is 0 Å². The Morgan fingerprint density at radius 2 is 1.43 bits per heavy atom. The van der Waals surface area contributed by atoms with Crippen molar-refractivity contribution in [3.8, 4) is 0 Å². The third kappa shape index (κ3) is 3.86. The van der Waals surface area contributed by atoms with E-state index in [1.807, 2.05) is 85.8 Å². The first-order valence-corrected chi connectivity index (χ1v) is 10.5. The van der Waals surface area contributed by atoms with E-state index in [-0.39, 0.29) is 11.5 Å². The molecule has 1 aromatic heterocycles. The van der Waals surface area contributed by atoms with Crippen molar-refractivity contribution in [2.24, 2.45) is 7.05 Å². The summed E-state index contributed by atoms with van der Waals surface area (Å²) in [6, 6.07) is 26.4. The fraction of sp³-hybridized carbons (Fsp3) is 0.125. The molecule has 0 bridgehead atoms. The van der Waals surface area contributed by atoms with Gasteiger partial charge < -0.3 is 0 Å². The van der Waals surface area contributed by atoms with E-state index in [0.29, 0.717) is 16.1 Å². The number of anilines is 2. The van der Waals surface area contributed by atoms with Gasteiger partial charge in [0, 0.05) is 18.4 Å².